The molecule has 0 unspecified atom stereocenters. The van der Waals surface area contributed by atoms with Crippen molar-refractivity contribution in [3.8, 4) is 0 Å². The molecule has 0 saturated heterocycles. The van der Waals surface area contributed by atoms with Gasteiger partial charge in [-0.3, -0.25) is 13.6 Å². The van der Waals surface area contributed by atoms with Gasteiger partial charge < -0.3 is 4.42 Å². The highest BCUT2D eigenvalue weighted by atomic mass is 35.5. The van der Waals surface area contributed by atoms with Crippen LogP contribution in [-0.2, 0) is 33.5 Å². The number of anilines is 2. The Hall–Kier alpha value is -2.50. The molecule has 1 N–H and O–H groups in total. The molecular formula is C17H16ClN3O6S2. The van der Waals surface area contributed by atoms with E-state index in [-0.39, 0.29) is 21.2 Å². The predicted molar refractivity (Wildman–Crippen MR) is 110 cm³/mol. The molecule has 0 amide bonds. The maximum Gasteiger partial charge on any atom is 0.419 e. The first-order valence-electron chi connectivity index (χ1n) is 8.40. The van der Waals surface area contributed by atoms with Crippen LogP contribution < -0.4 is 14.8 Å². The van der Waals surface area contributed by atoms with E-state index in [1.807, 2.05) is 0 Å². The fraction of sp³-hybridized carbons (Fsp3) is 0.235. The van der Waals surface area contributed by atoms with E-state index in [1.165, 1.54) is 34.1 Å². The largest absolute Gasteiger partial charge is 0.419 e. The van der Waals surface area contributed by atoms with Crippen LogP contribution in [0.2, 0.25) is 5.02 Å². The fourth-order valence-electron chi connectivity index (χ4n) is 3.32. The number of nitrogens with zero attached hydrogens (tertiary/aromatic N) is 2. The van der Waals surface area contributed by atoms with E-state index >= 15 is 0 Å². The lowest BCUT2D eigenvalue weighted by Crippen LogP contribution is -2.27. The molecule has 0 atom stereocenters. The minimum absolute atomic E-state index is 0.0641. The van der Waals surface area contributed by atoms with Gasteiger partial charge in [-0.25, -0.2) is 21.6 Å². The maximum absolute atomic E-state index is 12.9. The summed E-state index contributed by atoms with van der Waals surface area (Å²) >= 11 is 6.15. The van der Waals surface area contributed by atoms with E-state index < -0.39 is 25.8 Å². The van der Waals surface area contributed by atoms with Crippen molar-refractivity contribution in [2.45, 2.75) is 11.3 Å². The van der Waals surface area contributed by atoms with E-state index in [2.05, 4.69) is 4.72 Å². The number of hydrogen-bond donors (Lipinski definition) is 1. The van der Waals surface area contributed by atoms with Gasteiger partial charge in [0.15, 0.2) is 5.58 Å². The molecule has 2 aromatic carbocycles. The minimum Gasteiger partial charge on any atom is -0.408 e. The van der Waals surface area contributed by atoms with Crippen LogP contribution in [0.25, 0.3) is 11.1 Å². The molecule has 9 nitrogen and oxygen atoms in total. The molecule has 154 valence electrons. The van der Waals surface area contributed by atoms with Crippen LogP contribution in [0.1, 0.15) is 5.56 Å². The Bertz CT molecular complexity index is 1420. The number of rotatable bonds is 4. The number of hydrogen-bond acceptors (Lipinski definition) is 6. The monoisotopic (exact) mass is 457 g/mol. The summed E-state index contributed by atoms with van der Waals surface area (Å²) in [4.78, 5) is 11.4. The first-order valence-corrected chi connectivity index (χ1v) is 12.1. The third kappa shape index (κ3) is 3.38. The molecular weight excluding hydrogens is 442 g/mol. The Kier molecular flexibility index (Phi) is 4.44. The summed E-state index contributed by atoms with van der Waals surface area (Å²) < 4.78 is 59.3. The van der Waals surface area contributed by atoms with Gasteiger partial charge in [0, 0.05) is 25.3 Å². The second-order valence-electron chi connectivity index (χ2n) is 6.71. The molecule has 29 heavy (non-hydrogen) atoms. The van der Waals surface area contributed by atoms with Crippen LogP contribution in [0.15, 0.2) is 44.4 Å². The van der Waals surface area contributed by atoms with E-state index in [9.17, 15) is 21.6 Å². The van der Waals surface area contributed by atoms with Crippen LogP contribution in [0.3, 0.4) is 0 Å². The molecule has 0 saturated carbocycles. The van der Waals surface area contributed by atoms with Gasteiger partial charge in [-0.1, -0.05) is 11.6 Å². The van der Waals surface area contributed by atoms with Crippen LogP contribution >= 0.6 is 11.6 Å². The summed E-state index contributed by atoms with van der Waals surface area (Å²) in [6, 6.07) is 7.17. The molecule has 3 aromatic rings. The van der Waals surface area contributed by atoms with Crippen LogP contribution in [0, 0.1) is 0 Å². The van der Waals surface area contributed by atoms with E-state index in [0.717, 1.165) is 6.26 Å². The van der Waals surface area contributed by atoms with Crippen molar-refractivity contribution in [2.24, 2.45) is 7.05 Å². The summed E-state index contributed by atoms with van der Waals surface area (Å²) in [5.41, 5.74) is 1.98. The summed E-state index contributed by atoms with van der Waals surface area (Å²) in [5, 5.41) is -0.0641. The molecule has 1 aliphatic rings. The van der Waals surface area contributed by atoms with E-state index in [0.29, 0.717) is 29.7 Å². The van der Waals surface area contributed by atoms with Crippen molar-refractivity contribution < 1.29 is 21.3 Å². The number of fused-ring (bicyclic) bond motifs is 2. The number of aryl methyl sites for hydroxylation is 1. The molecule has 1 aliphatic heterocycles. The topological polar surface area (TPSA) is 119 Å². The van der Waals surface area contributed by atoms with Crippen molar-refractivity contribution in [3.05, 3.63) is 51.5 Å². The van der Waals surface area contributed by atoms with Gasteiger partial charge in [-0.2, -0.15) is 0 Å². The van der Waals surface area contributed by atoms with E-state index in [4.69, 9.17) is 16.0 Å². The smallest absolute Gasteiger partial charge is 0.408 e. The molecule has 0 spiro atoms. The Balaban J connectivity index is 1.71. The van der Waals surface area contributed by atoms with Gasteiger partial charge >= 0.3 is 5.76 Å². The third-order valence-corrected chi connectivity index (χ3v) is 7.75. The molecule has 1 aromatic heterocycles. The van der Waals surface area contributed by atoms with Crippen molar-refractivity contribution in [3.63, 3.8) is 0 Å². The first-order chi connectivity index (χ1) is 13.5. The lowest BCUT2D eigenvalue weighted by atomic mass is 10.1. The molecule has 0 aliphatic carbocycles. The third-order valence-electron chi connectivity index (χ3n) is 4.72. The number of benzene rings is 2. The lowest BCUT2D eigenvalue weighted by Gasteiger charge is -2.17. The minimum atomic E-state index is -4.08. The standard InChI is InChI=1S/C17H16ClN3O6S2/c1-20-14-8-12(18)16(9-15(14)27-17(20)22)29(25,26)19-11-3-4-13-10(7-11)5-6-21(13)28(2,23)24/h3-4,7-9,19H,5-6H2,1-2H3. The lowest BCUT2D eigenvalue weighted by molar-refractivity contribution is 0.527. The molecule has 0 radical (unpaired) electrons. The summed E-state index contributed by atoms with van der Waals surface area (Å²) in [5.74, 6) is -0.632. The van der Waals surface area contributed by atoms with E-state index in [1.54, 1.807) is 12.1 Å². The first kappa shape index (κ1) is 19.8. The highest BCUT2D eigenvalue weighted by molar-refractivity contribution is 7.93. The number of sulfonamides is 2. The van der Waals surface area contributed by atoms with Crippen molar-refractivity contribution in [2.75, 3.05) is 21.8 Å². The average molecular weight is 458 g/mol. The highest BCUT2D eigenvalue weighted by Gasteiger charge is 2.27. The second kappa shape index (κ2) is 6.51. The van der Waals surface area contributed by atoms with Crippen LogP contribution in [0.4, 0.5) is 11.4 Å². The molecule has 12 heteroatoms. The van der Waals surface area contributed by atoms with Gasteiger partial charge in [0.05, 0.1) is 22.5 Å². The Morgan fingerprint density at radius 1 is 1.14 bits per heavy atom. The number of oxazole rings is 1. The highest BCUT2D eigenvalue weighted by Crippen LogP contribution is 2.34. The number of halogens is 1. The summed E-state index contributed by atoms with van der Waals surface area (Å²) in [7, 11) is -5.99. The second-order valence-corrected chi connectivity index (χ2v) is 10.7. The molecule has 2 heterocycles. The SMILES string of the molecule is Cn1c(=O)oc2cc(S(=O)(=O)Nc3ccc4c(c3)CCN4S(C)(=O)=O)c(Cl)cc21. The number of nitrogens with one attached hydrogen (secondary N) is 1. The zero-order chi connectivity index (χ0) is 21.1. The zero-order valence-electron chi connectivity index (χ0n) is 15.3. The fourth-order valence-corrected chi connectivity index (χ4v) is 5.87. The van der Waals surface area contributed by atoms with Gasteiger partial charge in [-0.15, -0.1) is 0 Å². The predicted octanol–water partition coefficient (Wildman–Crippen LogP) is 1.91. The Labute approximate surface area is 171 Å². The maximum atomic E-state index is 12.9. The van der Waals surface area contributed by atoms with Crippen molar-refractivity contribution >= 4 is 54.1 Å². The number of aromatic nitrogens is 1. The van der Waals surface area contributed by atoms with Crippen LogP contribution in [0.5, 0.6) is 0 Å². The Morgan fingerprint density at radius 2 is 1.86 bits per heavy atom. The van der Waals surface area contributed by atoms with Gasteiger partial charge in [0.1, 0.15) is 4.90 Å². The van der Waals surface area contributed by atoms with Gasteiger partial charge in [0.25, 0.3) is 10.0 Å². The quantitative estimate of drug-likeness (QED) is 0.639. The zero-order valence-corrected chi connectivity index (χ0v) is 17.7. The van der Waals surface area contributed by atoms with Gasteiger partial charge in [0.2, 0.25) is 10.0 Å². The summed E-state index contributed by atoms with van der Waals surface area (Å²) in [6.07, 6.45) is 1.60. The normalized spacial score (nSPS) is 14.4. The molecule has 4 rings (SSSR count). The van der Waals surface area contributed by atoms with Gasteiger partial charge in [-0.05, 0) is 36.2 Å². The van der Waals surface area contributed by atoms with Crippen LogP contribution in [-0.4, -0.2) is 34.2 Å². The molecule has 0 bridgehead atoms. The molecule has 0 fully saturated rings. The Morgan fingerprint density at radius 3 is 2.55 bits per heavy atom. The van der Waals surface area contributed by atoms with Crippen molar-refractivity contribution in [1.82, 2.24) is 4.57 Å². The summed E-state index contributed by atoms with van der Waals surface area (Å²) in [6.45, 7) is 0.305. The van der Waals surface area contributed by atoms with Crippen molar-refractivity contribution in [1.29, 1.82) is 0 Å². The average Bonchev–Trinajstić information content (AvgIpc) is 3.15.